The van der Waals surface area contributed by atoms with Crippen LogP contribution in [0.15, 0.2) is 17.9 Å². The first-order valence-electron chi connectivity index (χ1n) is 6.36. The third-order valence-corrected chi connectivity index (χ3v) is 2.96. The predicted octanol–water partition coefficient (Wildman–Crippen LogP) is 2.77. The smallest absolute Gasteiger partial charge is 0.328 e. The third-order valence-electron chi connectivity index (χ3n) is 2.96. The second-order valence-corrected chi connectivity index (χ2v) is 3.95. The number of rotatable bonds is 8. The number of ether oxygens (including phenoxy) is 1. The summed E-state index contributed by atoms with van der Waals surface area (Å²) in [5.41, 5.74) is 3.87. The summed E-state index contributed by atoms with van der Waals surface area (Å²) >= 11 is 0. The molecule has 98 valence electrons. The van der Waals surface area contributed by atoms with Crippen LogP contribution in [0.25, 0.3) is 0 Å². The maximum atomic E-state index is 11.9. The predicted molar refractivity (Wildman–Crippen MR) is 70.9 cm³/mol. The zero-order chi connectivity index (χ0) is 13.3. The van der Waals surface area contributed by atoms with Crippen molar-refractivity contribution in [2.75, 3.05) is 20.2 Å². The molecule has 0 aliphatic rings. The molecule has 3 nitrogen and oxygen atoms in total. The minimum Gasteiger partial charge on any atom is -0.468 e. The second kappa shape index (κ2) is 9.03. The van der Waals surface area contributed by atoms with Crippen molar-refractivity contribution in [3.63, 3.8) is 0 Å². The number of hydrogen-bond donors (Lipinski definition) is 0. The van der Waals surface area contributed by atoms with Gasteiger partial charge in [0.2, 0.25) is 0 Å². The molecular weight excluding hydrogens is 214 g/mol. The van der Waals surface area contributed by atoms with Crippen LogP contribution in [0.2, 0.25) is 0 Å². The number of likely N-dealkylation sites (N-methyl/N-ethyl adjacent to an activating group) is 1. The lowest BCUT2D eigenvalue weighted by molar-refractivity contribution is -0.145. The number of nitrogens with zero attached hydrogens (tertiary/aromatic N) is 1. The molecule has 0 amide bonds. The summed E-state index contributed by atoms with van der Waals surface area (Å²) in [6, 6.07) is -0.320. The fraction of sp³-hybridized carbons (Fsp3) is 0.714. The van der Waals surface area contributed by atoms with Crippen LogP contribution in [-0.2, 0) is 9.53 Å². The van der Waals surface area contributed by atoms with Crippen molar-refractivity contribution in [1.82, 2.24) is 4.90 Å². The molecule has 3 heteroatoms. The van der Waals surface area contributed by atoms with Gasteiger partial charge in [-0.1, -0.05) is 33.8 Å². The molecular formula is C14H25NO2. The summed E-state index contributed by atoms with van der Waals surface area (Å²) in [7, 11) is 1.43. The van der Waals surface area contributed by atoms with E-state index in [1.807, 2.05) is 13.8 Å². The Balaban J connectivity index is 5.00. The standard InChI is InChI=1S/C14H25NO2/c1-6-10-11-12(7-2)13(14(16)17-5)15(8-3)9-4/h13H,2,6,8-11H2,1,3-5H3. The molecule has 0 N–H and O–H groups in total. The summed E-state index contributed by atoms with van der Waals surface area (Å²) in [4.78, 5) is 14.0. The van der Waals surface area contributed by atoms with E-state index in [0.29, 0.717) is 0 Å². The first-order valence-corrected chi connectivity index (χ1v) is 6.36. The van der Waals surface area contributed by atoms with Crippen molar-refractivity contribution in [2.24, 2.45) is 0 Å². The van der Waals surface area contributed by atoms with E-state index in [1.54, 1.807) is 0 Å². The summed E-state index contributed by atoms with van der Waals surface area (Å²) in [5, 5.41) is 0. The zero-order valence-electron chi connectivity index (χ0n) is 11.6. The van der Waals surface area contributed by atoms with Gasteiger partial charge in [-0.3, -0.25) is 4.90 Å². The van der Waals surface area contributed by atoms with Crippen molar-refractivity contribution in [3.8, 4) is 0 Å². The lowest BCUT2D eigenvalue weighted by atomic mass is 10.0. The number of unbranched alkanes of at least 4 members (excludes halogenated alkanes) is 1. The summed E-state index contributed by atoms with van der Waals surface area (Å²) in [6.45, 7) is 11.5. The van der Waals surface area contributed by atoms with E-state index < -0.39 is 0 Å². The van der Waals surface area contributed by atoms with E-state index in [1.165, 1.54) is 7.11 Å². The highest BCUT2D eigenvalue weighted by Gasteiger charge is 2.28. The number of esters is 1. The van der Waals surface area contributed by atoms with Crippen LogP contribution in [0.4, 0.5) is 0 Å². The molecule has 0 fully saturated rings. The normalized spacial score (nSPS) is 12.1. The number of hydrogen-bond acceptors (Lipinski definition) is 3. The molecule has 0 aromatic carbocycles. The molecule has 0 heterocycles. The van der Waals surface area contributed by atoms with Crippen LogP contribution < -0.4 is 0 Å². The molecule has 1 atom stereocenters. The SMILES string of the molecule is C=C=C(CCCC)C(C(=O)OC)N(CC)CC. The fourth-order valence-electron chi connectivity index (χ4n) is 1.90. The molecule has 1 unspecified atom stereocenters. The Hall–Kier alpha value is -1.05. The topological polar surface area (TPSA) is 29.5 Å². The highest BCUT2D eigenvalue weighted by Crippen LogP contribution is 2.17. The van der Waals surface area contributed by atoms with Gasteiger partial charge in [-0.15, -0.1) is 5.73 Å². The minimum atomic E-state index is -0.320. The van der Waals surface area contributed by atoms with Crippen molar-refractivity contribution in [2.45, 2.75) is 46.1 Å². The summed E-state index contributed by atoms with van der Waals surface area (Å²) in [6.07, 6.45) is 3.00. The van der Waals surface area contributed by atoms with E-state index in [2.05, 4.69) is 24.1 Å². The van der Waals surface area contributed by atoms with Crippen LogP contribution in [0.3, 0.4) is 0 Å². The van der Waals surface area contributed by atoms with Crippen molar-refractivity contribution >= 4 is 5.97 Å². The van der Waals surface area contributed by atoms with E-state index >= 15 is 0 Å². The van der Waals surface area contributed by atoms with Gasteiger partial charge in [0.25, 0.3) is 0 Å². The van der Waals surface area contributed by atoms with E-state index in [0.717, 1.165) is 37.9 Å². The average molecular weight is 239 g/mol. The van der Waals surface area contributed by atoms with Gasteiger partial charge in [-0.25, -0.2) is 4.79 Å². The van der Waals surface area contributed by atoms with Crippen molar-refractivity contribution in [3.05, 3.63) is 17.9 Å². The maximum Gasteiger partial charge on any atom is 0.328 e. The molecule has 0 aromatic heterocycles. The van der Waals surface area contributed by atoms with Crippen molar-refractivity contribution in [1.29, 1.82) is 0 Å². The second-order valence-electron chi connectivity index (χ2n) is 3.95. The molecule has 0 aromatic rings. The number of carbonyl (C=O) groups excluding carboxylic acids is 1. The van der Waals surface area contributed by atoms with E-state index in [9.17, 15) is 4.79 Å². The zero-order valence-corrected chi connectivity index (χ0v) is 11.6. The lowest BCUT2D eigenvalue weighted by Crippen LogP contribution is -2.43. The molecule has 0 spiro atoms. The van der Waals surface area contributed by atoms with Crippen molar-refractivity contribution < 1.29 is 9.53 Å². The van der Waals surface area contributed by atoms with Gasteiger partial charge >= 0.3 is 5.97 Å². The highest BCUT2D eigenvalue weighted by molar-refractivity contribution is 5.79. The van der Waals surface area contributed by atoms with Gasteiger partial charge in [0.05, 0.1) is 7.11 Å². The van der Waals surface area contributed by atoms with Crippen LogP contribution in [0, 0.1) is 0 Å². The fourth-order valence-corrected chi connectivity index (χ4v) is 1.90. The first-order chi connectivity index (χ1) is 8.15. The summed E-state index contributed by atoms with van der Waals surface area (Å²) in [5.74, 6) is -0.212. The molecule has 17 heavy (non-hydrogen) atoms. The monoisotopic (exact) mass is 239 g/mol. The van der Waals surface area contributed by atoms with Crippen LogP contribution >= 0.6 is 0 Å². The van der Waals surface area contributed by atoms with Crippen LogP contribution in [0.5, 0.6) is 0 Å². The Morgan fingerprint density at radius 3 is 2.29 bits per heavy atom. The minimum absolute atomic E-state index is 0.212. The van der Waals surface area contributed by atoms with Gasteiger partial charge in [0, 0.05) is 0 Å². The number of methoxy groups -OCH3 is 1. The molecule has 0 saturated heterocycles. The number of carbonyl (C=O) groups is 1. The van der Waals surface area contributed by atoms with Gasteiger partial charge in [0.15, 0.2) is 0 Å². The van der Waals surface area contributed by atoms with Gasteiger partial charge < -0.3 is 4.74 Å². The Morgan fingerprint density at radius 2 is 1.94 bits per heavy atom. The van der Waals surface area contributed by atoms with E-state index in [4.69, 9.17) is 4.74 Å². The largest absolute Gasteiger partial charge is 0.468 e. The van der Waals surface area contributed by atoms with Gasteiger partial charge in [0.1, 0.15) is 6.04 Å². The molecule has 0 aliphatic heterocycles. The quantitative estimate of drug-likeness (QED) is 0.482. The van der Waals surface area contributed by atoms with E-state index in [-0.39, 0.29) is 12.0 Å². The molecule has 0 rings (SSSR count). The van der Waals surface area contributed by atoms with Crippen LogP contribution in [-0.4, -0.2) is 37.1 Å². The Kier molecular flexibility index (Phi) is 8.47. The third kappa shape index (κ3) is 4.76. The molecule has 0 saturated carbocycles. The maximum absolute atomic E-state index is 11.9. The highest BCUT2D eigenvalue weighted by atomic mass is 16.5. The Morgan fingerprint density at radius 1 is 1.35 bits per heavy atom. The Labute approximate surface area is 105 Å². The van der Waals surface area contributed by atoms with Crippen LogP contribution in [0.1, 0.15) is 40.0 Å². The average Bonchev–Trinajstić information content (AvgIpc) is 2.37. The lowest BCUT2D eigenvalue weighted by Gasteiger charge is -2.28. The first kappa shape index (κ1) is 16.0. The Bertz CT molecular complexity index is 276. The summed E-state index contributed by atoms with van der Waals surface area (Å²) < 4.78 is 4.89. The molecule has 0 bridgehead atoms. The molecule has 0 radical (unpaired) electrons. The molecule has 0 aliphatic carbocycles. The van der Waals surface area contributed by atoms with Gasteiger partial charge in [-0.05, 0) is 31.5 Å². The van der Waals surface area contributed by atoms with Gasteiger partial charge in [-0.2, -0.15) is 0 Å².